The SMILES string of the molecule is NC(Cc1nc2ccccc2s1)c1ccccc1Br. The summed E-state index contributed by atoms with van der Waals surface area (Å²) in [6.45, 7) is 0. The molecule has 0 aliphatic carbocycles. The van der Waals surface area contributed by atoms with E-state index >= 15 is 0 Å². The number of nitrogens with zero attached hydrogens (tertiary/aromatic N) is 1. The van der Waals surface area contributed by atoms with Crippen molar-refractivity contribution in [2.24, 2.45) is 5.73 Å². The number of thiazole rings is 1. The average Bonchev–Trinajstić information content (AvgIpc) is 2.81. The molecular formula is C15H13BrN2S. The van der Waals surface area contributed by atoms with Crippen molar-refractivity contribution in [1.29, 1.82) is 0 Å². The quantitative estimate of drug-likeness (QED) is 0.776. The maximum atomic E-state index is 6.29. The van der Waals surface area contributed by atoms with Crippen molar-refractivity contribution in [3.05, 3.63) is 63.6 Å². The van der Waals surface area contributed by atoms with Crippen LogP contribution in [0.15, 0.2) is 53.0 Å². The van der Waals surface area contributed by atoms with Crippen molar-refractivity contribution in [3.8, 4) is 0 Å². The molecule has 3 aromatic rings. The molecule has 0 radical (unpaired) electrons. The molecule has 0 saturated heterocycles. The maximum absolute atomic E-state index is 6.29. The predicted molar refractivity (Wildman–Crippen MR) is 84.4 cm³/mol. The summed E-state index contributed by atoms with van der Waals surface area (Å²) in [5.74, 6) is 0. The van der Waals surface area contributed by atoms with E-state index in [0.29, 0.717) is 0 Å². The van der Waals surface area contributed by atoms with Crippen LogP contribution in [0.1, 0.15) is 16.6 Å². The molecule has 0 aliphatic heterocycles. The minimum atomic E-state index is -0.0314. The van der Waals surface area contributed by atoms with Crippen LogP contribution in [-0.4, -0.2) is 4.98 Å². The van der Waals surface area contributed by atoms with Crippen LogP contribution in [0.25, 0.3) is 10.2 Å². The zero-order chi connectivity index (χ0) is 13.2. The number of hydrogen-bond donors (Lipinski definition) is 1. The van der Waals surface area contributed by atoms with Crippen molar-refractivity contribution in [2.45, 2.75) is 12.5 Å². The molecule has 1 unspecified atom stereocenters. The Hall–Kier alpha value is -1.23. The van der Waals surface area contributed by atoms with Gasteiger partial charge in [-0.3, -0.25) is 0 Å². The van der Waals surface area contributed by atoms with E-state index < -0.39 is 0 Å². The zero-order valence-corrected chi connectivity index (χ0v) is 12.6. The summed E-state index contributed by atoms with van der Waals surface area (Å²) in [4.78, 5) is 4.63. The normalized spacial score (nSPS) is 12.7. The van der Waals surface area contributed by atoms with Crippen molar-refractivity contribution >= 4 is 37.5 Å². The second-order valence-electron chi connectivity index (χ2n) is 4.41. The largest absolute Gasteiger partial charge is 0.324 e. The van der Waals surface area contributed by atoms with E-state index in [1.165, 1.54) is 4.70 Å². The smallest absolute Gasteiger partial charge is 0.0957 e. The third-order valence-electron chi connectivity index (χ3n) is 3.04. The molecule has 2 nitrogen and oxygen atoms in total. The van der Waals surface area contributed by atoms with Crippen LogP contribution in [0.3, 0.4) is 0 Å². The molecule has 0 bridgehead atoms. The number of halogens is 1. The molecule has 2 N–H and O–H groups in total. The van der Waals surface area contributed by atoms with Crippen LogP contribution >= 0.6 is 27.3 Å². The molecule has 19 heavy (non-hydrogen) atoms. The molecule has 1 aromatic heterocycles. The molecular weight excluding hydrogens is 320 g/mol. The Morgan fingerprint density at radius 2 is 1.84 bits per heavy atom. The highest BCUT2D eigenvalue weighted by Gasteiger charge is 2.12. The topological polar surface area (TPSA) is 38.9 Å². The van der Waals surface area contributed by atoms with Crippen LogP contribution in [0.5, 0.6) is 0 Å². The highest BCUT2D eigenvalue weighted by Crippen LogP contribution is 2.28. The standard InChI is InChI=1S/C15H13BrN2S/c16-11-6-2-1-5-10(11)12(17)9-15-18-13-7-3-4-8-14(13)19-15/h1-8,12H,9,17H2. The van der Waals surface area contributed by atoms with Crippen molar-refractivity contribution in [1.82, 2.24) is 4.98 Å². The molecule has 1 atom stereocenters. The van der Waals surface area contributed by atoms with E-state index in [9.17, 15) is 0 Å². The van der Waals surface area contributed by atoms with Crippen LogP contribution in [0.2, 0.25) is 0 Å². The lowest BCUT2D eigenvalue weighted by molar-refractivity contribution is 0.716. The van der Waals surface area contributed by atoms with Gasteiger partial charge in [0.2, 0.25) is 0 Å². The molecule has 0 fully saturated rings. The molecule has 4 heteroatoms. The van der Waals surface area contributed by atoms with Crippen LogP contribution in [0, 0.1) is 0 Å². The molecule has 2 aromatic carbocycles. The summed E-state index contributed by atoms with van der Waals surface area (Å²) in [7, 11) is 0. The average molecular weight is 333 g/mol. The van der Waals surface area contributed by atoms with Gasteiger partial charge in [0, 0.05) is 16.9 Å². The van der Waals surface area contributed by atoms with E-state index in [2.05, 4.69) is 33.0 Å². The number of aromatic nitrogens is 1. The Balaban J connectivity index is 1.86. The first-order valence-electron chi connectivity index (χ1n) is 6.08. The number of hydrogen-bond acceptors (Lipinski definition) is 3. The van der Waals surface area contributed by atoms with Crippen molar-refractivity contribution in [3.63, 3.8) is 0 Å². The van der Waals surface area contributed by atoms with Gasteiger partial charge >= 0.3 is 0 Å². The Kier molecular flexibility index (Phi) is 3.64. The Morgan fingerprint density at radius 1 is 1.11 bits per heavy atom. The van der Waals surface area contributed by atoms with Crippen LogP contribution in [0.4, 0.5) is 0 Å². The fourth-order valence-corrected chi connectivity index (χ4v) is 3.69. The lowest BCUT2D eigenvalue weighted by Gasteiger charge is -2.11. The number of para-hydroxylation sites is 1. The highest BCUT2D eigenvalue weighted by atomic mass is 79.9. The summed E-state index contributed by atoms with van der Waals surface area (Å²) in [5, 5.41) is 1.09. The monoisotopic (exact) mass is 332 g/mol. The van der Waals surface area contributed by atoms with E-state index in [1.807, 2.05) is 36.4 Å². The molecule has 1 heterocycles. The van der Waals surface area contributed by atoms with Gasteiger partial charge in [-0.05, 0) is 23.8 Å². The van der Waals surface area contributed by atoms with Crippen LogP contribution < -0.4 is 5.73 Å². The third-order valence-corrected chi connectivity index (χ3v) is 4.82. The molecule has 0 spiro atoms. The number of nitrogens with two attached hydrogens (primary N) is 1. The predicted octanol–water partition coefficient (Wildman–Crippen LogP) is 4.30. The summed E-state index contributed by atoms with van der Waals surface area (Å²) < 4.78 is 2.28. The van der Waals surface area contributed by atoms with E-state index in [4.69, 9.17) is 5.73 Å². The van der Waals surface area contributed by atoms with E-state index in [-0.39, 0.29) is 6.04 Å². The van der Waals surface area contributed by atoms with Gasteiger partial charge in [-0.2, -0.15) is 0 Å². The van der Waals surface area contributed by atoms with Crippen molar-refractivity contribution in [2.75, 3.05) is 0 Å². The lowest BCUT2D eigenvalue weighted by atomic mass is 10.1. The minimum absolute atomic E-state index is 0.0314. The maximum Gasteiger partial charge on any atom is 0.0957 e. The van der Waals surface area contributed by atoms with Crippen molar-refractivity contribution < 1.29 is 0 Å². The van der Waals surface area contributed by atoms with Crippen LogP contribution in [-0.2, 0) is 6.42 Å². The number of rotatable bonds is 3. The minimum Gasteiger partial charge on any atom is -0.324 e. The number of benzene rings is 2. The van der Waals surface area contributed by atoms with Gasteiger partial charge in [0.25, 0.3) is 0 Å². The van der Waals surface area contributed by atoms with Gasteiger partial charge in [0.15, 0.2) is 0 Å². The summed E-state index contributed by atoms with van der Waals surface area (Å²) in [6, 6.07) is 16.2. The molecule has 0 saturated carbocycles. The van der Waals surface area contributed by atoms with E-state index in [1.54, 1.807) is 11.3 Å². The van der Waals surface area contributed by atoms with Gasteiger partial charge in [0.1, 0.15) is 0 Å². The number of fused-ring (bicyclic) bond motifs is 1. The second kappa shape index (κ2) is 5.41. The van der Waals surface area contributed by atoms with E-state index in [0.717, 1.165) is 27.0 Å². The van der Waals surface area contributed by atoms with Gasteiger partial charge in [-0.15, -0.1) is 11.3 Å². The first-order chi connectivity index (χ1) is 9.24. The zero-order valence-electron chi connectivity index (χ0n) is 10.2. The fourth-order valence-electron chi connectivity index (χ4n) is 2.08. The third kappa shape index (κ3) is 2.71. The molecule has 3 rings (SSSR count). The Bertz CT molecular complexity index is 675. The summed E-state index contributed by atoms with van der Waals surface area (Å²) in [5.41, 5.74) is 8.47. The summed E-state index contributed by atoms with van der Waals surface area (Å²) in [6.07, 6.45) is 0.766. The molecule has 0 amide bonds. The highest BCUT2D eigenvalue weighted by molar-refractivity contribution is 9.10. The molecule has 96 valence electrons. The first kappa shape index (κ1) is 12.8. The molecule has 0 aliphatic rings. The van der Waals surface area contributed by atoms with Gasteiger partial charge in [-0.25, -0.2) is 4.98 Å². The Morgan fingerprint density at radius 3 is 2.63 bits per heavy atom. The second-order valence-corrected chi connectivity index (χ2v) is 6.38. The summed E-state index contributed by atoms with van der Waals surface area (Å²) >= 11 is 5.27. The van der Waals surface area contributed by atoms with Gasteiger partial charge < -0.3 is 5.73 Å². The first-order valence-corrected chi connectivity index (χ1v) is 7.69. The Labute approximate surface area is 124 Å². The fraction of sp³-hybridized carbons (Fsp3) is 0.133. The van der Waals surface area contributed by atoms with Gasteiger partial charge in [-0.1, -0.05) is 46.3 Å². The lowest BCUT2D eigenvalue weighted by Crippen LogP contribution is -2.13. The van der Waals surface area contributed by atoms with Gasteiger partial charge in [0.05, 0.1) is 15.2 Å².